The van der Waals surface area contributed by atoms with Crippen LogP contribution in [-0.4, -0.2) is 158 Å². The number of aromatic amines is 3. The van der Waals surface area contributed by atoms with Crippen LogP contribution >= 0.6 is 0 Å². The monoisotopic (exact) mass is 1440 g/mol. The molecule has 0 aliphatic heterocycles. The summed E-state index contributed by atoms with van der Waals surface area (Å²) in [6, 6.07) is 16.1. The average Bonchev–Trinajstić information content (AvgIpc) is 0.825. The van der Waals surface area contributed by atoms with E-state index in [0.717, 1.165) is 0 Å². The summed E-state index contributed by atoms with van der Waals surface area (Å²) in [7, 11) is 0. The predicted octanol–water partition coefficient (Wildman–Crippen LogP) is 5.62. The Bertz CT molecular complexity index is 4820. The molecule has 105 heavy (non-hydrogen) atoms. The second-order valence-electron chi connectivity index (χ2n) is 25.3. The average molecular weight is 1440 g/mol. The fraction of sp³-hybridized carbons (Fsp3) is 0.357. The van der Waals surface area contributed by atoms with Gasteiger partial charge in [0.1, 0.15) is 29.5 Å². The number of hydrogen-bond donors (Lipinski definition) is 14. The maximum Gasteiger partial charge on any atom is 0.326 e. The topological polar surface area (TPSA) is 533 Å². The quantitative estimate of drug-likeness (QED) is 0.0237. The molecule has 14 N–H and O–H groups in total. The van der Waals surface area contributed by atoms with Crippen molar-refractivity contribution in [3.8, 4) is 0 Å². The van der Waals surface area contributed by atoms with E-state index in [2.05, 4.69) is 97.0 Å². The highest BCUT2D eigenvalue weighted by Gasteiger charge is 2.26. The van der Waals surface area contributed by atoms with Gasteiger partial charge in [0.25, 0.3) is 34.4 Å². The molecule has 552 valence electrons. The molecule has 3 amide bonds. The van der Waals surface area contributed by atoms with Crippen LogP contribution in [-0.2, 0) is 48.4 Å². The van der Waals surface area contributed by atoms with Gasteiger partial charge in [-0.15, -0.1) is 0 Å². The standard InChI is InChI=1S/2C24H28N6O5.C22H25N7O6/c1-13(2)10-19(31)18(8-9-20(32)33)30-23(34)15-4-6-16(7-5-15)25-11-17-12-26-22-21(29-17)24(35)28-14(3)27-22;1-13(2)10-18(31)8-9-19(24(34)35)30-22(32)15-4-6-16(7-5-15)25-11-17-12-26-21-20(29-17)23(33)28-14(3)27-21;1-11(2)25-22-28-18-17(20(33)29-22)26-14(10-24-18)9-23-13-5-3-12(4-6-13)19(32)27-15(21(34)35)7-8-16(30)31/h4-7,12-13,18,25H,8-11H2,1-3H3,(H,30,34)(H,32,33)(H,26,27,28,35);4-7,12-13,19,25H,8-11H2,1-3H3,(H,30,32)(H,34,35)(H,26,27,28,33);3-6,10-11,15,23H,7-9H2,1-2H3,(H,27,32)(H,30,31)(H,34,35)(H2,24,25,28,29,33). The molecule has 0 spiro atoms. The molecule has 9 rings (SSSR count). The van der Waals surface area contributed by atoms with Crippen LogP contribution in [0.15, 0.2) is 106 Å². The molecule has 0 aliphatic carbocycles. The molecule has 35 heteroatoms. The molecule has 0 saturated heterocycles. The van der Waals surface area contributed by atoms with Gasteiger partial charge < -0.3 is 67.6 Å². The molecule has 0 fully saturated rings. The van der Waals surface area contributed by atoms with Crippen molar-refractivity contribution in [1.29, 1.82) is 0 Å². The van der Waals surface area contributed by atoms with Crippen molar-refractivity contribution >= 4 is 110 Å². The van der Waals surface area contributed by atoms with Crippen LogP contribution in [0, 0.1) is 25.7 Å². The number of carboxylic acids is 4. The molecule has 9 aromatic rings. The first-order valence-electron chi connectivity index (χ1n) is 33.2. The Morgan fingerprint density at radius 1 is 0.419 bits per heavy atom. The highest BCUT2D eigenvalue weighted by Crippen LogP contribution is 2.18. The molecule has 6 heterocycles. The number of nitrogens with zero attached hydrogens (tertiary/aromatic N) is 9. The first kappa shape index (κ1) is 79.5. The molecule has 0 bridgehead atoms. The number of fused-ring (bicyclic) bond motifs is 3. The molecule has 3 atom stereocenters. The van der Waals surface area contributed by atoms with Gasteiger partial charge in [0.15, 0.2) is 39.3 Å². The van der Waals surface area contributed by atoms with Crippen LogP contribution in [0.2, 0.25) is 0 Å². The summed E-state index contributed by atoms with van der Waals surface area (Å²) in [4.78, 5) is 189. The molecule has 35 nitrogen and oxygen atoms in total. The van der Waals surface area contributed by atoms with E-state index in [-0.39, 0.29) is 143 Å². The second-order valence-corrected chi connectivity index (χ2v) is 25.3. The summed E-state index contributed by atoms with van der Waals surface area (Å²) in [5.41, 5.74) is 4.52. The summed E-state index contributed by atoms with van der Waals surface area (Å²) >= 11 is 0. The largest absolute Gasteiger partial charge is 0.481 e. The zero-order valence-electron chi connectivity index (χ0n) is 58.6. The van der Waals surface area contributed by atoms with Gasteiger partial charge in [-0.3, -0.25) is 52.9 Å². The number of anilines is 4. The van der Waals surface area contributed by atoms with E-state index < -0.39 is 65.3 Å². The molecular formula is C70H81N19O16. The number of hydrogen-bond acceptors (Lipinski definition) is 25. The number of carboxylic acid groups (broad SMARTS) is 4. The highest BCUT2D eigenvalue weighted by molar-refractivity contribution is 5.99. The maximum atomic E-state index is 12.7. The number of aromatic nitrogens is 12. The summed E-state index contributed by atoms with van der Waals surface area (Å²) < 4.78 is 0. The summed E-state index contributed by atoms with van der Waals surface area (Å²) in [5, 5.41) is 56.1. The van der Waals surface area contributed by atoms with Crippen molar-refractivity contribution in [3.05, 3.63) is 168 Å². The van der Waals surface area contributed by atoms with E-state index in [9.17, 15) is 67.7 Å². The van der Waals surface area contributed by atoms with Gasteiger partial charge in [0.2, 0.25) is 5.95 Å². The minimum absolute atomic E-state index is 0.0250. The zero-order valence-corrected chi connectivity index (χ0v) is 58.6. The van der Waals surface area contributed by atoms with E-state index in [1.165, 1.54) is 30.7 Å². The van der Waals surface area contributed by atoms with E-state index in [1.54, 1.807) is 74.5 Å². The lowest BCUT2D eigenvalue weighted by Crippen LogP contribution is -2.41. The van der Waals surface area contributed by atoms with E-state index in [4.69, 9.17) is 10.2 Å². The number of amides is 3. The SMILES string of the molecule is CC(C)Nc1nc2ncc(CNc3ccc(C(=O)NC(CCC(=O)O)C(=O)O)cc3)nc2c(=O)[nH]1.Cc1nc2ncc(CNc3ccc(C(=O)NC(CCC(=O)CC(C)C)C(=O)O)cc3)nc2c(=O)[nH]1.Cc1nc2ncc(CNc3ccc(C(=O)NC(CCC(=O)O)C(=O)CC(C)C)cc3)nc2c(=O)[nH]1. The molecule has 6 aromatic heterocycles. The van der Waals surface area contributed by atoms with Crippen LogP contribution < -0.4 is 53.9 Å². The number of H-pyrrole nitrogens is 3. The third-order valence-electron chi connectivity index (χ3n) is 15.1. The van der Waals surface area contributed by atoms with Crippen LogP contribution in [0.5, 0.6) is 0 Å². The number of nitrogens with one attached hydrogen (secondary N) is 10. The first-order valence-corrected chi connectivity index (χ1v) is 33.2. The number of rotatable bonds is 33. The number of carbonyl (C=O) groups excluding carboxylic acids is 5. The van der Waals surface area contributed by atoms with Crippen LogP contribution in [0.4, 0.5) is 23.0 Å². The number of carbonyl (C=O) groups is 9. The Morgan fingerprint density at radius 2 is 0.752 bits per heavy atom. The molecule has 3 unspecified atom stereocenters. The Balaban J connectivity index is 0.000000220. The van der Waals surface area contributed by atoms with Crippen molar-refractivity contribution in [3.63, 3.8) is 0 Å². The van der Waals surface area contributed by atoms with Crippen LogP contribution in [0.3, 0.4) is 0 Å². The van der Waals surface area contributed by atoms with Gasteiger partial charge in [-0.05, 0) is 132 Å². The maximum absolute atomic E-state index is 12.7. The molecule has 0 radical (unpaired) electrons. The van der Waals surface area contributed by atoms with Gasteiger partial charge in [-0.1, -0.05) is 27.7 Å². The normalized spacial score (nSPS) is 11.8. The number of aryl methyl sites for hydroxylation is 2. The van der Waals surface area contributed by atoms with Gasteiger partial charge in [-0.2, -0.15) is 4.98 Å². The van der Waals surface area contributed by atoms with E-state index in [1.807, 2.05) is 41.5 Å². The lowest BCUT2D eigenvalue weighted by atomic mass is 9.98. The third-order valence-corrected chi connectivity index (χ3v) is 15.1. The van der Waals surface area contributed by atoms with Crippen molar-refractivity contribution in [2.24, 2.45) is 11.8 Å². The lowest BCUT2D eigenvalue weighted by molar-refractivity contribution is -0.141. The summed E-state index contributed by atoms with van der Waals surface area (Å²) in [5.74, 6) is -4.96. The van der Waals surface area contributed by atoms with Crippen LogP contribution in [0.1, 0.15) is 153 Å². The van der Waals surface area contributed by atoms with E-state index >= 15 is 0 Å². The molecule has 3 aromatic carbocycles. The van der Waals surface area contributed by atoms with Crippen molar-refractivity contribution < 1.29 is 63.6 Å². The van der Waals surface area contributed by atoms with Crippen LogP contribution in [0.25, 0.3) is 33.5 Å². The summed E-state index contributed by atoms with van der Waals surface area (Å²) in [6.45, 7) is 15.6. The fourth-order valence-corrected chi connectivity index (χ4v) is 9.97. The number of aliphatic carboxylic acids is 4. The zero-order chi connectivity index (χ0) is 76.6. The first-order chi connectivity index (χ1) is 49.9. The van der Waals surface area contributed by atoms with Gasteiger partial charge in [0, 0.05) is 71.9 Å². The molecular weight excluding hydrogens is 1360 g/mol. The van der Waals surface area contributed by atoms with Gasteiger partial charge in [0.05, 0.1) is 61.3 Å². The molecule has 0 aliphatic rings. The number of ketones is 2. The Kier molecular flexibility index (Phi) is 28.5. The minimum Gasteiger partial charge on any atom is -0.481 e. The third kappa shape index (κ3) is 25.0. The van der Waals surface area contributed by atoms with Crippen molar-refractivity contribution in [2.75, 3.05) is 21.3 Å². The number of Topliss-reactive ketones (excluding diaryl/α,β-unsaturated/α-hetero) is 2. The van der Waals surface area contributed by atoms with Crippen molar-refractivity contribution in [1.82, 2.24) is 75.8 Å². The second kappa shape index (κ2) is 37.7. The Morgan fingerprint density at radius 3 is 1.10 bits per heavy atom. The summed E-state index contributed by atoms with van der Waals surface area (Å²) in [6.07, 6.45) is 4.56. The lowest BCUT2D eigenvalue weighted by Gasteiger charge is -2.18. The smallest absolute Gasteiger partial charge is 0.326 e. The fourth-order valence-electron chi connectivity index (χ4n) is 9.97. The predicted molar refractivity (Wildman–Crippen MR) is 384 cm³/mol. The van der Waals surface area contributed by atoms with Gasteiger partial charge in [-0.25, -0.2) is 49.5 Å². The minimum atomic E-state index is -1.31. The van der Waals surface area contributed by atoms with Crippen molar-refractivity contribution in [2.45, 2.75) is 151 Å². The van der Waals surface area contributed by atoms with E-state index in [0.29, 0.717) is 70.3 Å². The molecule has 0 saturated carbocycles. The number of benzene rings is 3. The van der Waals surface area contributed by atoms with Gasteiger partial charge >= 0.3 is 23.9 Å². The Hall–Kier alpha value is -12.9. The Labute approximate surface area is 598 Å². The highest BCUT2D eigenvalue weighted by atomic mass is 16.4.